The van der Waals surface area contributed by atoms with E-state index in [1.165, 1.54) is 29.8 Å². The predicted octanol–water partition coefficient (Wildman–Crippen LogP) is 7.23. The summed E-state index contributed by atoms with van der Waals surface area (Å²) in [4.78, 5) is 14.5. The highest BCUT2D eigenvalue weighted by Gasteiger charge is 2.43. The van der Waals surface area contributed by atoms with E-state index in [0.29, 0.717) is 6.42 Å². The van der Waals surface area contributed by atoms with E-state index in [0.717, 1.165) is 11.1 Å². The van der Waals surface area contributed by atoms with E-state index in [-0.39, 0.29) is 5.56 Å². The summed E-state index contributed by atoms with van der Waals surface area (Å²) in [5, 5.41) is 19.6. The molecule has 0 amide bonds. The van der Waals surface area contributed by atoms with Crippen molar-refractivity contribution in [2.75, 3.05) is 0 Å². The van der Waals surface area contributed by atoms with E-state index < -0.39 is 81.2 Å². The van der Waals surface area contributed by atoms with Crippen LogP contribution in [-0.2, 0) is 11.2 Å². The minimum atomic E-state index is -3.72. The van der Waals surface area contributed by atoms with E-state index in [2.05, 4.69) is 10.9 Å². The number of hydrogen-bond acceptors (Lipinski definition) is 3. The molecule has 1 N–H and O–H groups in total. The van der Waals surface area contributed by atoms with Gasteiger partial charge in [-0.1, -0.05) is 85.2 Å². The second-order valence-corrected chi connectivity index (χ2v) is 6.99. The number of Topliss-reactive ketones (excluding diaryl/α,β-unsaturated/α-hetero) is 1. The smallest absolute Gasteiger partial charge is 0.276 e. The van der Waals surface area contributed by atoms with E-state index >= 15 is 0 Å². The molecule has 2 aliphatic carbocycles. The number of ketones is 1. The Kier molecular flexibility index (Phi) is 4.37. The molecule has 0 bridgehead atoms. The summed E-state index contributed by atoms with van der Waals surface area (Å²) >= 11 is 0. The molecule has 0 aromatic heterocycles. The Morgan fingerprint density at radius 2 is 1.62 bits per heavy atom. The van der Waals surface area contributed by atoms with E-state index in [9.17, 15) is 9.90 Å². The van der Waals surface area contributed by atoms with E-state index in [1.807, 2.05) is 31.2 Å². The standard InChI is InChI=1S/C15H19NO.C9H9N.C6H10O/c1-12-6-8-13(9-7-12)14(16-2)15(17)10-4-3-5-11-15;1-8-2-4-9(5-3-8)6-7-10;7-6-4-2-1-3-5-6/h6-9,14,17H,3-5,10-11H2,1H3;2-5H,6H2,1H3;1-5H2/i3D2,4D,5D2,10D2,11D2,14D;;1D2,2D2,3D2,4D2,5D2. The molecule has 2 aromatic carbocycles. The number of carbonyl (C=O) groups excluding carboxylic acids is 1. The highest BCUT2D eigenvalue weighted by molar-refractivity contribution is 5.78. The van der Waals surface area contributed by atoms with Gasteiger partial charge in [0.05, 0.1) is 12.5 Å². The normalized spacial score (nSPS) is 45.4. The van der Waals surface area contributed by atoms with Crippen molar-refractivity contribution in [1.29, 1.82) is 5.26 Å². The Bertz CT molecular complexity index is 1770. The average molecular weight is 479 g/mol. The van der Waals surface area contributed by atoms with Crippen LogP contribution in [0.5, 0.6) is 0 Å². The molecule has 4 heteroatoms. The fourth-order valence-corrected chi connectivity index (χ4v) is 2.57. The van der Waals surface area contributed by atoms with Gasteiger partial charge in [-0.05, 0) is 44.9 Å². The number of aryl methyl sites for hydroxylation is 2. The van der Waals surface area contributed by atoms with Crippen molar-refractivity contribution in [1.82, 2.24) is 0 Å². The van der Waals surface area contributed by atoms with Crippen LogP contribution in [0.15, 0.2) is 48.5 Å². The minimum absolute atomic E-state index is 0.288. The molecular formula is C30H38N2O2. The predicted molar refractivity (Wildman–Crippen MR) is 137 cm³/mol. The molecule has 34 heavy (non-hydrogen) atoms. The summed E-state index contributed by atoms with van der Waals surface area (Å²) in [7, 11) is 0. The van der Waals surface area contributed by atoms with Gasteiger partial charge >= 0.3 is 0 Å². The summed E-state index contributed by atoms with van der Waals surface area (Å²) in [5.74, 6) is -1.92. The van der Waals surface area contributed by atoms with Crippen LogP contribution in [0.2, 0.25) is 0 Å². The lowest BCUT2D eigenvalue weighted by atomic mass is 9.77. The number of carbonyl (C=O) groups is 1. The lowest BCUT2D eigenvalue weighted by Crippen LogP contribution is -2.36. The molecular weight excluding hydrogens is 420 g/mol. The third kappa shape index (κ3) is 9.12. The number of aliphatic hydroxyl groups is 1. The molecule has 0 aliphatic heterocycles. The second kappa shape index (κ2) is 14.3. The number of hydrogen-bond donors (Lipinski definition) is 1. The number of nitrogens with zero attached hydrogens (tertiary/aromatic N) is 2. The average Bonchev–Trinajstić information content (AvgIpc) is 3.07. The van der Waals surface area contributed by atoms with Crippen LogP contribution in [0.25, 0.3) is 4.85 Å². The number of benzene rings is 2. The minimum Gasteiger partial charge on any atom is -0.381 e. The first-order valence-electron chi connectivity index (χ1n) is 20.1. The maximum absolute atomic E-state index is 11.5. The van der Waals surface area contributed by atoms with Crippen LogP contribution in [0.1, 0.15) is 119 Å². The molecule has 3 unspecified atom stereocenters. The summed E-state index contributed by atoms with van der Waals surface area (Å²) in [6.07, 6.45) is -33.5. The van der Waals surface area contributed by atoms with Crippen molar-refractivity contribution in [3.63, 3.8) is 0 Å². The Morgan fingerprint density at radius 1 is 1.03 bits per heavy atom. The molecule has 0 heterocycles. The monoisotopic (exact) mass is 478 g/mol. The lowest BCUT2D eigenvalue weighted by molar-refractivity contribution is -0.120. The Morgan fingerprint density at radius 3 is 2.18 bits per heavy atom. The SMILES string of the molecule is Cc1ccc(CC#N)cc1.[2H]C1([2H])C(=O)C([2H])([2H])C([2H])([2H])C([2H])([2H])C1([2H])[2H].[2H]C1C([2H])([2H])C([2H])([2H])C([2H])([2H])C(O)(C([2H])([N+]#[C-])c2ccc(C)cc2)C1([2H])[2H]. The van der Waals surface area contributed by atoms with Crippen molar-refractivity contribution >= 4 is 5.78 Å². The Hall–Kier alpha value is -2.95. The van der Waals surface area contributed by atoms with Crippen molar-refractivity contribution in [2.45, 2.75) is 95.6 Å². The Labute approximate surface area is 233 Å². The molecule has 180 valence electrons. The number of rotatable bonds is 3. The van der Waals surface area contributed by atoms with Gasteiger partial charge in [0, 0.05) is 44.4 Å². The highest BCUT2D eigenvalue weighted by Crippen LogP contribution is 2.40. The van der Waals surface area contributed by atoms with Crippen molar-refractivity contribution < 1.29 is 37.3 Å². The fraction of sp³-hybridized carbons (Fsp3) is 0.500. The van der Waals surface area contributed by atoms with Gasteiger partial charge in [0.2, 0.25) is 0 Å². The van der Waals surface area contributed by atoms with Crippen LogP contribution < -0.4 is 0 Å². The zero-order valence-electron chi connectivity index (χ0n) is 38.7. The van der Waals surface area contributed by atoms with Crippen LogP contribution in [0.3, 0.4) is 0 Å². The van der Waals surface area contributed by atoms with Crippen molar-refractivity contribution in [3.8, 4) is 6.07 Å². The van der Waals surface area contributed by atoms with Gasteiger partial charge in [0.25, 0.3) is 6.02 Å². The van der Waals surface area contributed by atoms with Gasteiger partial charge in [-0.15, -0.1) is 0 Å². The first-order chi connectivity index (χ1) is 23.9. The Balaban J connectivity index is 0.000000316. The molecule has 2 saturated carbocycles. The molecule has 4 rings (SSSR count). The van der Waals surface area contributed by atoms with Crippen LogP contribution in [-0.4, -0.2) is 16.5 Å². The molecule has 0 saturated heterocycles. The zero-order chi connectivity index (χ0) is 42.7. The largest absolute Gasteiger partial charge is 0.381 e. The van der Waals surface area contributed by atoms with Gasteiger partial charge in [-0.3, -0.25) is 4.79 Å². The molecule has 0 radical (unpaired) electrons. The van der Waals surface area contributed by atoms with Crippen LogP contribution in [0, 0.1) is 31.8 Å². The van der Waals surface area contributed by atoms with Crippen LogP contribution in [0.4, 0.5) is 0 Å². The number of nitriles is 1. The fourth-order valence-electron chi connectivity index (χ4n) is 2.57. The lowest BCUT2D eigenvalue weighted by Gasteiger charge is -2.32. The van der Waals surface area contributed by atoms with E-state index in [4.69, 9.17) is 39.2 Å². The third-order valence-corrected chi connectivity index (χ3v) is 4.33. The molecule has 0 spiro atoms. The van der Waals surface area contributed by atoms with Crippen molar-refractivity contribution in [3.05, 3.63) is 82.2 Å². The van der Waals surface area contributed by atoms with Crippen LogP contribution >= 0.6 is 0 Å². The molecule has 3 atom stereocenters. The summed E-state index contributed by atoms with van der Waals surface area (Å²) < 4.78 is 153. The van der Waals surface area contributed by atoms with Crippen molar-refractivity contribution in [2.24, 2.45) is 0 Å². The first-order valence-corrected chi connectivity index (χ1v) is 10.0. The van der Waals surface area contributed by atoms with E-state index in [1.54, 1.807) is 6.92 Å². The maximum Gasteiger partial charge on any atom is 0.276 e. The van der Waals surface area contributed by atoms with Gasteiger partial charge in [0.15, 0.2) is 0 Å². The third-order valence-electron chi connectivity index (χ3n) is 4.33. The second-order valence-electron chi connectivity index (χ2n) is 6.99. The summed E-state index contributed by atoms with van der Waals surface area (Å²) in [5.41, 5.74) is -0.928. The summed E-state index contributed by atoms with van der Waals surface area (Å²) in [6.45, 7) is 11.2. The van der Waals surface area contributed by atoms with Gasteiger partial charge in [0.1, 0.15) is 12.8 Å². The molecule has 2 aromatic rings. The highest BCUT2D eigenvalue weighted by atomic mass is 16.3. The quantitative estimate of drug-likeness (QED) is 0.473. The summed E-state index contributed by atoms with van der Waals surface area (Å²) in [6, 6.07) is 12.4. The molecule has 2 aliphatic rings. The van der Waals surface area contributed by atoms with Gasteiger partial charge in [-0.2, -0.15) is 5.26 Å². The van der Waals surface area contributed by atoms with Gasteiger partial charge in [-0.25, -0.2) is 6.57 Å². The molecule has 2 fully saturated rings. The molecule has 4 nitrogen and oxygen atoms in total. The topological polar surface area (TPSA) is 65.5 Å². The first kappa shape index (κ1) is 10.3. The van der Waals surface area contributed by atoms with Gasteiger partial charge < -0.3 is 9.95 Å². The zero-order valence-corrected chi connectivity index (χ0v) is 18.7. The maximum atomic E-state index is 11.5.